The van der Waals surface area contributed by atoms with Crippen LogP contribution in [0.5, 0.6) is 0 Å². The molecule has 0 saturated heterocycles. The number of furan rings is 1. The van der Waals surface area contributed by atoms with Crippen LogP contribution in [0.15, 0.2) is 40.8 Å². The van der Waals surface area contributed by atoms with Crippen molar-refractivity contribution in [2.45, 2.75) is 39.3 Å². The minimum absolute atomic E-state index is 0.131. The fourth-order valence-corrected chi connectivity index (χ4v) is 3.29. The maximum atomic E-state index is 12.0. The highest BCUT2D eigenvalue weighted by atomic mass is 32.1. The summed E-state index contributed by atoms with van der Waals surface area (Å²) in [6.07, 6.45) is 1.56. The molecule has 3 aromatic rings. The van der Waals surface area contributed by atoms with Crippen LogP contribution in [0.3, 0.4) is 0 Å². The Kier molecular flexibility index (Phi) is 5.83. The molecule has 0 aliphatic rings. The highest BCUT2D eigenvalue weighted by Crippen LogP contribution is 2.31. The number of unbranched alkanes of at least 4 members (excludes halogenated alkanes) is 1. The van der Waals surface area contributed by atoms with Crippen LogP contribution in [0.4, 0.5) is 0 Å². The normalized spacial score (nSPS) is 12.4. The molecule has 0 spiro atoms. The summed E-state index contributed by atoms with van der Waals surface area (Å²) in [5.41, 5.74) is 0.965. The van der Waals surface area contributed by atoms with Gasteiger partial charge in [-0.25, -0.2) is 4.98 Å². The number of hydrogen-bond acceptors (Lipinski definition) is 5. The molecule has 25 heavy (non-hydrogen) atoms. The van der Waals surface area contributed by atoms with Crippen LogP contribution in [0, 0.1) is 0 Å². The van der Waals surface area contributed by atoms with Crippen molar-refractivity contribution in [3.05, 3.63) is 42.2 Å². The third-order valence-corrected chi connectivity index (χ3v) is 4.89. The first-order chi connectivity index (χ1) is 12.2. The van der Waals surface area contributed by atoms with Gasteiger partial charge in [0.1, 0.15) is 11.9 Å². The fourth-order valence-electron chi connectivity index (χ4n) is 2.36. The summed E-state index contributed by atoms with van der Waals surface area (Å²) in [5.74, 6) is 1.29. The number of carbonyl (C=O) groups excluding carboxylic acids is 1. The van der Waals surface area contributed by atoms with Crippen LogP contribution in [0.2, 0.25) is 0 Å². The van der Waals surface area contributed by atoms with Gasteiger partial charge in [-0.3, -0.25) is 4.79 Å². The van der Waals surface area contributed by atoms with Gasteiger partial charge in [-0.05, 0) is 37.6 Å². The van der Waals surface area contributed by atoms with Gasteiger partial charge in [-0.1, -0.05) is 25.5 Å². The number of nitrogens with zero attached hydrogens (tertiary/aromatic N) is 1. The van der Waals surface area contributed by atoms with Gasteiger partial charge in [0.05, 0.1) is 16.8 Å². The van der Waals surface area contributed by atoms with Gasteiger partial charge in [0.2, 0.25) is 5.91 Å². The summed E-state index contributed by atoms with van der Waals surface area (Å²) in [5, 5.41) is 3.68. The predicted molar refractivity (Wildman–Crippen MR) is 99.5 cm³/mol. The second-order valence-corrected chi connectivity index (χ2v) is 6.87. The maximum absolute atomic E-state index is 12.0. The maximum Gasteiger partial charge on any atom is 0.249 e. The molecule has 0 unspecified atom stereocenters. The molecular formula is C19H22N2O3S. The Balaban J connectivity index is 1.57. The van der Waals surface area contributed by atoms with Crippen molar-refractivity contribution < 1.29 is 13.9 Å². The number of thiazole rings is 1. The minimum atomic E-state index is -0.453. The summed E-state index contributed by atoms with van der Waals surface area (Å²) < 4.78 is 12.4. The van der Waals surface area contributed by atoms with Crippen molar-refractivity contribution in [3.8, 4) is 10.8 Å². The van der Waals surface area contributed by atoms with E-state index in [0.29, 0.717) is 18.9 Å². The second-order valence-electron chi connectivity index (χ2n) is 5.84. The fraction of sp³-hybridized carbons (Fsp3) is 0.368. The van der Waals surface area contributed by atoms with Crippen molar-refractivity contribution in [1.82, 2.24) is 10.3 Å². The number of hydrogen-bond donors (Lipinski definition) is 1. The number of ether oxygens (including phenoxy) is 1. The number of fused-ring (bicyclic) bond motifs is 1. The molecule has 1 atom stereocenters. The molecule has 0 aliphatic heterocycles. The molecule has 0 aliphatic carbocycles. The van der Waals surface area contributed by atoms with Crippen LogP contribution in [0.1, 0.15) is 32.4 Å². The molecular weight excluding hydrogens is 336 g/mol. The lowest BCUT2D eigenvalue weighted by Gasteiger charge is -2.12. The number of aromatic nitrogens is 1. The average Bonchev–Trinajstić information content (AvgIpc) is 3.26. The summed E-state index contributed by atoms with van der Waals surface area (Å²) in [7, 11) is 0. The smallest absolute Gasteiger partial charge is 0.249 e. The first-order valence-corrected chi connectivity index (χ1v) is 9.33. The van der Waals surface area contributed by atoms with E-state index in [9.17, 15) is 4.79 Å². The van der Waals surface area contributed by atoms with Crippen LogP contribution in [-0.2, 0) is 16.1 Å². The number of para-hydroxylation sites is 1. The second kappa shape index (κ2) is 8.27. The van der Waals surface area contributed by atoms with Gasteiger partial charge in [0.25, 0.3) is 0 Å². The topological polar surface area (TPSA) is 64.4 Å². The van der Waals surface area contributed by atoms with E-state index in [2.05, 4.69) is 17.2 Å². The number of benzene rings is 1. The molecule has 0 fully saturated rings. The molecule has 0 bridgehead atoms. The Morgan fingerprint density at radius 3 is 2.96 bits per heavy atom. The van der Waals surface area contributed by atoms with Crippen LogP contribution in [-0.4, -0.2) is 23.6 Å². The zero-order valence-corrected chi connectivity index (χ0v) is 15.3. The third-order valence-electron chi connectivity index (χ3n) is 3.84. The van der Waals surface area contributed by atoms with Crippen LogP contribution >= 0.6 is 11.3 Å². The number of rotatable bonds is 8. The summed E-state index contributed by atoms with van der Waals surface area (Å²) in [4.78, 5) is 16.6. The van der Waals surface area contributed by atoms with Gasteiger partial charge in [0, 0.05) is 6.61 Å². The van der Waals surface area contributed by atoms with E-state index in [0.717, 1.165) is 33.8 Å². The predicted octanol–water partition coefficient (Wildman–Crippen LogP) is 4.38. The van der Waals surface area contributed by atoms with Crippen molar-refractivity contribution in [2.75, 3.05) is 6.61 Å². The SMILES string of the molecule is CCCCO[C@H](C)C(=O)NCc1ccc(-c2nc3ccccc3s2)o1. The van der Waals surface area contributed by atoms with Gasteiger partial charge in [0.15, 0.2) is 10.8 Å². The van der Waals surface area contributed by atoms with E-state index in [1.54, 1.807) is 18.3 Å². The van der Waals surface area contributed by atoms with Gasteiger partial charge < -0.3 is 14.5 Å². The molecule has 0 radical (unpaired) electrons. The van der Waals surface area contributed by atoms with Gasteiger partial charge in [-0.2, -0.15) is 0 Å². The Morgan fingerprint density at radius 1 is 1.32 bits per heavy atom. The molecule has 5 nitrogen and oxygen atoms in total. The number of carbonyl (C=O) groups is 1. The van der Waals surface area contributed by atoms with E-state index in [-0.39, 0.29) is 5.91 Å². The van der Waals surface area contributed by atoms with Crippen molar-refractivity contribution >= 4 is 27.5 Å². The van der Waals surface area contributed by atoms with Gasteiger partial charge in [-0.15, -0.1) is 11.3 Å². The first kappa shape index (κ1) is 17.6. The van der Waals surface area contributed by atoms with E-state index >= 15 is 0 Å². The Morgan fingerprint density at radius 2 is 2.16 bits per heavy atom. The Bertz CT molecular complexity index is 807. The molecule has 0 saturated carbocycles. The van der Waals surface area contributed by atoms with E-state index < -0.39 is 6.10 Å². The lowest BCUT2D eigenvalue weighted by molar-refractivity contribution is -0.132. The largest absolute Gasteiger partial charge is 0.457 e. The zero-order chi connectivity index (χ0) is 17.6. The first-order valence-electron chi connectivity index (χ1n) is 8.51. The highest BCUT2D eigenvalue weighted by Gasteiger charge is 2.14. The standard InChI is InChI=1S/C19H22N2O3S/c1-3-4-11-23-13(2)18(22)20-12-14-9-10-16(24-14)19-21-15-7-5-6-8-17(15)25-19/h5-10,13H,3-4,11-12H2,1-2H3,(H,20,22)/t13-/m1/s1. The molecule has 6 heteroatoms. The Hall–Kier alpha value is -2.18. The highest BCUT2D eigenvalue weighted by molar-refractivity contribution is 7.21. The third kappa shape index (κ3) is 4.46. The van der Waals surface area contributed by atoms with Crippen LogP contribution < -0.4 is 5.32 Å². The van der Waals surface area contributed by atoms with Crippen molar-refractivity contribution in [1.29, 1.82) is 0 Å². The quantitative estimate of drug-likeness (QED) is 0.607. The van der Waals surface area contributed by atoms with E-state index in [1.807, 2.05) is 36.4 Å². The lowest BCUT2D eigenvalue weighted by Crippen LogP contribution is -2.34. The van der Waals surface area contributed by atoms with Crippen LogP contribution in [0.25, 0.3) is 21.0 Å². The average molecular weight is 358 g/mol. The van der Waals surface area contributed by atoms with Crippen molar-refractivity contribution in [2.24, 2.45) is 0 Å². The molecule has 2 aromatic heterocycles. The van der Waals surface area contributed by atoms with E-state index in [4.69, 9.17) is 9.15 Å². The van der Waals surface area contributed by atoms with E-state index in [1.165, 1.54) is 0 Å². The lowest BCUT2D eigenvalue weighted by atomic mass is 10.3. The Labute approximate surface area is 151 Å². The molecule has 1 aromatic carbocycles. The summed E-state index contributed by atoms with van der Waals surface area (Å²) in [6, 6.07) is 11.8. The summed E-state index contributed by atoms with van der Waals surface area (Å²) in [6.45, 7) is 4.80. The van der Waals surface area contributed by atoms with Gasteiger partial charge >= 0.3 is 0 Å². The van der Waals surface area contributed by atoms with Crippen molar-refractivity contribution in [3.63, 3.8) is 0 Å². The molecule has 1 N–H and O–H groups in total. The molecule has 132 valence electrons. The number of nitrogens with one attached hydrogen (secondary N) is 1. The molecule has 1 amide bonds. The summed E-state index contributed by atoms with van der Waals surface area (Å²) >= 11 is 1.59. The number of amides is 1. The monoisotopic (exact) mass is 358 g/mol. The molecule has 3 rings (SSSR count). The minimum Gasteiger partial charge on any atom is -0.457 e. The molecule has 2 heterocycles. The zero-order valence-electron chi connectivity index (χ0n) is 14.5.